The molecule has 1 aromatic heterocycles. The third kappa shape index (κ3) is 6.46. The zero-order chi connectivity index (χ0) is 22.3. The van der Waals surface area contributed by atoms with Crippen molar-refractivity contribution in [1.29, 1.82) is 0 Å². The minimum atomic E-state index is -4.45. The number of para-hydroxylation sites is 1. The average Bonchev–Trinajstić information content (AvgIpc) is 2.74. The molecule has 0 aliphatic carbocycles. The number of oxime groups is 1. The number of nitrogens with two attached hydrogens (primary N) is 1. The van der Waals surface area contributed by atoms with E-state index in [4.69, 9.17) is 15.3 Å². The number of nitrogens with zero attached hydrogens (tertiary/aromatic N) is 2. The Kier molecular flexibility index (Phi) is 6.71. The summed E-state index contributed by atoms with van der Waals surface area (Å²) in [5.74, 6) is 0.369. The SMILES string of the molecule is N/C(=N/OCC(=O)Nc1ccc(C(F)(F)F)cc1)c1ccc(Oc2ccccc2)nc1. The number of amides is 1. The lowest BCUT2D eigenvalue weighted by atomic mass is 10.2. The van der Waals surface area contributed by atoms with Crippen LogP contribution in [0.2, 0.25) is 0 Å². The molecule has 0 aliphatic rings. The molecule has 3 N–H and O–H groups in total. The van der Waals surface area contributed by atoms with Crippen LogP contribution in [-0.4, -0.2) is 23.3 Å². The lowest BCUT2D eigenvalue weighted by Gasteiger charge is -2.08. The number of nitrogens with one attached hydrogen (secondary N) is 1. The third-order valence-corrected chi connectivity index (χ3v) is 3.85. The molecule has 0 saturated heterocycles. The van der Waals surface area contributed by atoms with Crippen molar-refractivity contribution in [2.24, 2.45) is 10.9 Å². The van der Waals surface area contributed by atoms with Gasteiger partial charge in [0.2, 0.25) is 5.88 Å². The molecule has 2 aromatic carbocycles. The number of carbonyl (C=O) groups is 1. The van der Waals surface area contributed by atoms with Crippen molar-refractivity contribution in [2.75, 3.05) is 11.9 Å². The van der Waals surface area contributed by atoms with Crippen LogP contribution in [0.15, 0.2) is 78.1 Å². The maximum atomic E-state index is 12.5. The molecule has 0 atom stereocenters. The van der Waals surface area contributed by atoms with Crippen LogP contribution >= 0.6 is 0 Å². The Labute approximate surface area is 175 Å². The van der Waals surface area contributed by atoms with E-state index in [2.05, 4.69) is 15.5 Å². The van der Waals surface area contributed by atoms with Gasteiger partial charge in [0.05, 0.1) is 5.56 Å². The molecule has 160 valence electrons. The maximum absolute atomic E-state index is 12.5. The summed E-state index contributed by atoms with van der Waals surface area (Å²) >= 11 is 0. The molecule has 3 rings (SSSR count). The van der Waals surface area contributed by atoms with Gasteiger partial charge >= 0.3 is 6.18 Å². The highest BCUT2D eigenvalue weighted by Gasteiger charge is 2.29. The molecule has 1 heterocycles. The highest BCUT2D eigenvalue weighted by molar-refractivity contribution is 5.97. The number of ether oxygens (including phenoxy) is 1. The van der Waals surface area contributed by atoms with Gasteiger partial charge in [0.1, 0.15) is 5.75 Å². The second-order valence-electron chi connectivity index (χ2n) is 6.17. The van der Waals surface area contributed by atoms with Gasteiger partial charge < -0.3 is 20.6 Å². The van der Waals surface area contributed by atoms with Gasteiger partial charge in [0, 0.05) is 23.5 Å². The lowest BCUT2D eigenvalue weighted by Crippen LogP contribution is -2.19. The van der Waals surface area contributed by atoms with Crippen molar-refractivity contribution >= 4 is 17.4 Å². The van der Waals surface area contributed by atoms with Gasteiger partial charge in [0.25, 0.3) is 5.91 Å². The van der Waals surface area contributed by atoms with Crippen LogP contribution in [0.5, 0.6) is 11.6 Å². The number of amidine groups is 1. The summed E-state index contributed by atoms with van der Waals surface area (Å²) in [6.07, 6.45) is -3.01. The molecule has 0 fully saturated rings. The molecule has 0 saturated carbocycles. The molecule has 0 aliphatic heterocycles. The van der Waals surface area contributed by atoms with E-state index in [0.29, 0.717) is 17.2 Å². The maximum Gasteiger partial charge on any atom is 0.416 e. The van der Waals surface area contributed by atoms with Gasteiger partial charge in [-0.2, -0.15) is 13.2 Å². The van der Waals surface area contributed by atoms with E-state index in [9.17, 15) is 18.0 Å². The first-order valence-corrected chi connectivity index (χ1v) is 8.93. The van der Waals surface area contributed by atoms with E-state index in [-0.39, 0.29) is 11.5 Å². The van der Waals surface area contributed by atoms with E-state index < -0.39 is 24.3 Å². The summed E-state index contributed by atoms with van der Waals surface area (Å²) in [6.45, 7) is -0.482. The number of anilines is 1. The number of halogens is 3. The number of alkyl halides is 3. The first-order valence-electron chi connectivity index (χ1n) is 8.93. The van der Waals surface area contributed by atoms with Gasteiger partial charge in [-0.15, -0.1) is 0 Å². The van der Waals surface area contributed by atoms with E-state index in [1.54, 1.807) is 24.3 Å². The molecule has 1 amide bonds. The number of pyridine rings is 1. The number of carbonyl (C=O) groups excluding carboxylic acids is 1. The molecule has 10 heteroatoms. The first-order chi connectivity index (χ1) is 14.8. The van der Waals surface area contributed by atoms with E-state index >= 15 is 0 Å². The van der Waals surface area contributed by atoms with Crippen molar-refractivity contribution < 1.29 is 27.5 Å². The highest BCUT2D eigenvalue weighted by atomic mass is 19.4. The highest BCUT2D eigenvalue weighted by Crippen LogP contribution is 2.29. The van der Waals surface area contributed by atoms with Crippen LogP contribution in [0.25, 0.3) is 0 Å². The Bertz CT molecular complexity index is 1040. The second-order valence-corrected chi connectivity index (χ2v) is 6.17. The average molecular weight is 430 g/mol. The lowest BCUT2D eigenvalue weighted by molar-refractivity contribution is -0.137. The van der Waals surface area contributed by atoms with Crippen LogP contribution in [0.3, 0.4) is 0 Å². The van der Waals surface area contributed by atoms with E-state index in [1.165, 1.54) is 6.20 Å². The van der Waals surface area contributed by atoms with Crippen LogP contribution in [0.4, 0.5) is 18.9 Å². The fraction of sp³-hybridized carbons (Fsp3) is 0.0952. The zero-order valence-corrected chi connectivity index (χ0v) is 16.0. The van der Waals surface area contributed by atoms with Gasteiger partial charge in [0.15, 0.2) is 12.4 Å². The number of hydrogen-bond acceptors (Lipinski definition) is 5. The molecule has 0 unspecified atom stereocenters. The first kappa shape index (κ1) is 21.6. The van der Waals surface area contributed by atoms with Gasteiger partial charge in [-0.1, -0.05) is 23.4 Å². The summed E-state index contributed by atoms with van der Waals surface area (Å²) in [5, 5.41) is 6.03. The van der Waals surface area contributed by atoms with Crippen molar-refractivity contribution in [2.45, 2.75) is 6.18 Å². The molecule has 3 aromatic rings. The summed E-state index contributed by atoms with van der Waals surface area (Å²) in [7, 11) is 0. The smallest absolute Gasteiger partial charge is 0.416 e. The topological polar surface area (TPSA) is 98.8 Å². The summed E-state index contributed by atoms with van der Waals surface area (Å²) in [6, 6.07) is 16.3. The fourth-order valence-electron chi connectivity index (χ4n) is 2.35. The number of hydrogen-bond donors (Lipinski definition) is 2. The van der Waals surface area contributed by atoms with Gasteiger partial charge in [-0.3, -0.25) is 4.79 Å². The Hall–Kier alpha value is -4.08. The fourth-order valence-corrected chi connectivity index (χ4v) is 2.35. The normalized spacial score (nSPS) is 11.6. The Morgan fingerprint density at radius 2 is 1.74 bits per heavy atom. The predicted molar refractivity (Wildman–Crippen MR) is 108 cm³/mol. The molecule has 31 heavy (non-hydrogen) atoms. The Balaban J connectivity index is 1.49. The Morgan fingerprint density at radius 1 is 1.03 bits per heavy atom. The second kappa shape index (κ2) is 9.61. The zero-order valence-electron chi connectivity index (χ0n) is 16.0. The van der Waals surface area contributed by atoms with E-state index in [1.807, 2.05) is 18.2 Å². The summed E-state index contributed by atoms with van der Waals surface area (Å²) in [4.78, 5) is 20.9. The van der Waals surface area contributed by atoms with Crippen molar-refractivity contribution in [3.63, 3.8) is 0 Å². The van der Waals surface area contributed by atoms with Crippen LogP contribution < -0.4 is 15.8 Å². The molecular formula is C21H17F3N4O3. The molecule has 7 nitrogen and oxygen atoms in total. The number of benzene rings is 2. The van der Waals surface area contributed by atoms with Gasteiger partial charge in [-0.25, -0.2) is 4.98 Å². The summed E-state index contributed by atoms with van der Waals surface area (Å²) in [5.41, 5.74) is 5.63. The van der Waals surface area contributed by atoms with Crippen molar-refractivity contribution in [1.82, 2.24) is 4.98 Å². The molecule has 0 spiro atoms. The molecule has 0 radical (unpaired) electrons. The number of aromatic nitrogens is 1. The van der Waals surface area contributed by atoms with Gasteiger partial charge in [-0.05, 0) is 42.5 Å². The molecular weight excluding hydrogens is 413 g/mol. The number of rotatable bonds is 7. The third-order valence-electron chi connectivity index (χ3n) is 3.85. The monoisotopic (exact) mass is 430 g/mol. The summed E-state index contributed by atoms with van der Waals surface area (Å²) < 4.78 is 43.2. The minimum Gasteiger partial charge on any atom is -0.439 e. The van der Waals surface area contributed by atoms with Crippen LogP contribution in [0, 0.1) is 0 Å². The quantitative estimate of drug-likeness (QED) is 0.333. The van der Waals surface area contributed by atoms with Crippen LogP contribution in [-0.2, 0) is 15.8 Å². The minimum absolute atomic E-state index is 0.0129. The molecule has 0 bridgehead atoms. The van der Waals surface area contributed by atoms with Crippen molar-refractivity contribution in [3.05, 3.63) is 84.1 Å². The van der Waals surface area contributed by atoms with Crippen molar-refractivity contribution in [3.8, 4) is 11.6 Å². The standard InChI is InChI=1S/C21H17F3N4O3/c22-21(23,24)15-7-9-16(10-8-15)27-18(29)13-30-28-20(25)14-6-11-19(26-12-14)31-17-4-2-1-3-5-17/h1-12H,13H2,(H2,25,28)(H,27,29). The van der Waals surface area contributed by atoms with Crippen LogP contribution in [0.1, 0.15) is 11.1 Å². The van der Waals surface area contributed by atoms with E-state index in [0.717, 1.165) is 24.3 Å². The predicted octanol–water partition coefficient (Wildman–Crippen LogP) is 4.17. The largest absolute Gasteiger partial charge is 0.439 e. The Morgan fingerprint density at radius 3 is 2.35 bits per heavy atom.